The number of benzene rings is 1. The lowest BCUT2D eigenvalue weighted by molar-refractivity contribution is 0.165. The average Bonchev–Trinajstić information content (AvgIpc) is 2.76. The van der Waals surface area contributed by atoms with Crippen LogP contribution >= 0.6 is 0 Å². The molecule has 0 aromatic heterocycles. The molecule has 3 heteroatoms. The van der Waals surface area contributed by atoms with Crippen LogP contribution in [0.3, 0.4) is 0 Å². The zero-order chi connectivity index (χ0) is 15.1. The van der Waals surface area contributed by atoms with E-state index in [0.29, 0.717) is 6.04 Å². The Labute approximate surface area is 129 Å². The van der Waals surface area contributed by atoms with Gasteiger partial charge in [-0.25, -0.2) is 0 Å². The van der Waals surface area contributed by atoms with Gasteiger partial charge in [-0.05, 0) is 43.5 Å². The fraction of sp³-hybridized carbons (Fsp3) is 0.667. The van der Waals surface area contributed by atoms with E-state index in [9.17, 15) is 5.11 Å². The summed E-state index contributed by atoms with van der Waals surface area (Å²) in [5.74, 6) is 0. The summed E-state index contributed by atoms with van der Waals surface area (Å²) in [4.78, 5) is 2.07. The molecule has 1 saturated carbocycles. The Morgan fingerprint density at radius 1 is 1.10 bits per heavy atom. The number of nitrogens with one attached hydrogen (secondary N) is 1. The molecule has 2 rings (SSSR count). The maximum absolute atomic E-state index is 10.3. The second-order valence-corrected chi connectivity index (χ2v) is 6.43. The van der Waals surface area contributed by atoms with E-state index in [1.54, 1.807) is 0 Å². The molecule has 0 saturated heterocycles. The van der Waals surface area contributed by atoms with Crippen molar-refractivity contribution in [2.45, 2.75) is 57.1 Å². The van der Waals surface area contributed by atoms with Crippen molar-refractivity contribution in [1.29, 1.82) is 0 Å². The summed E-state index contributed by atoms with van der Waals surface area (Å²) in [6.45, 7) is 0.904. The zero-order valence-corrected chi connectivity index (χ0v) is 13.5. The van der Waals surface area contributed by atoms with Gasteiger partial charge in [0.25, 0.3) is 0 Å². The van der Waals surface area contributed by atoms with Crippen LogP contribution in [-0.4, -0.2) is 31.8 Å². The molecule has 21 heavy (non-hydrogen) atoms. The van der Waals surface area contributed by atoms with Gasteiger partial charge in [0.1, 0.15) is 0 Å². The molecule has 0 radical (unpaired) electrons. The van der Waals surface area contributed by atoms with Gasteiger partial charge in [-0.1, -0.05) is 37.8 Å². The van der Waals surface area contributed by atoms with Gasteiger partial charge < -0.3 is 15.3 Å². The Morgan fingerprint density at radius 3 is 2.29 bits per heavy atom. The molecule has 1 aromatic rings. The summed E-state index contributed by atoms with van der Waals surface area (Å²) in [5, 5.41) is 13.9. The molecule has 0 spiro atoms. The molecular formula is C18H30N2O. The average molecular weight is 290 g/mol. The molecule has 0 aliphatic heterocycles. The molecule has 0 amide bonds. The third-order valence-corrected chi connectivity index (χ3v) is 4.50. The molecule has 0 bridgehead atoms. The second-order valence-electron chi connectivity index (χ2n) is 6.43. The third kappa shape index (κ3) is 5.33. The molecule has 1 atom stereocenters. The highest BCUT2D eigenvalue weighted by atomic mass is 16.3. The Bertz CT molecular complexity index is 394. The lowest BCUT2D eigenvalue weighted by atomic mass is 10.0. The van der Waals surface area contributed by atoms with Crippen LogP contribution in [0.25, 0.3) is 0 Å². The second kappa shape index (κ2) is 8.40. The maximum Gasteiger partial charge on any atom is 0.0802 e. The normalized spacial score (nSPS) is 18.2. The van der Waals surface area contributed by atoms with Gasteiger partial charge in [-0.2, -0.15) is 0 Å². The molecule has 1 fully saturated rings. The van der Waals surface area contributed by atoms with E-state index in [2.05, 4.69) is 22.3 Å². The first-order valence-electron chi connectivity index (χ1n) is 8.35. The Kier molecular flexibility index (Phi) is 6.52. The first-order chi connectivity index (χ1) is 10.2. The van der Waals surface area contributed by atoms with Crippen LogP contribution in [0, 0.1) is 0 Å². The maximum atomic E-state index is 10.3. The van der Waals surface area contributed by atoms with Crippen molar-refractivity contribution in [3.05, 3.63) is 29.8 Å². The Morgan fingerprint density at radius 2 is 1.71 bits per heavy atom. The van der Waals surface area contributed by atoms with Crippen LogP contribution in [0.1, 0.15) is 56.6 Å². The van der Waals surface area contributed by atoms with Gasteiger partial charge in [-0.15, -0.1) is 0 Å². The highest BCUT2D eigenvalue weighted by molar-refractivity contribution is 5.46. The van der Waals surface area contributed by atoms with E-state index in [1.165, 1.54) is 44.2 Å². The molecule has 1 aromatic carbocycles. The lowest BCUT2D eigenvalue weighted by Crippen LogP contribution is -2.30. The van der Waals surface area contributed by atoms with Gasteiger partial charge in [0.05, 0.1) is 6.10 Å². The van der Waals surface area contributed by atoms with Crippen molar-refractivity contribution in [2.75, 3.05) is 25.5 Å². The third-order valence-electron chi connectivity index (χ3n) is 4.50. The van der Waals surface area contributed by atoms with Crippen LogP contribution in [-0.2, 0) is 0 Å². The van der Waals surface area contributed by atoms with Crippen molar-refractivity contribution in [3.8, 4) is 0 Å². The van der Waals surface area contributed by atoms with E-state index in [1.807, 2.05) is 26.2 Å². The van der Waals surface area contributed by atoms with E-state index >= 15 is 0 Å². The van der Waals surface area contributed by atoms with E-state index in [0.717, 1.165) is 18.5 Å². The Hall–Kier alpha value is -1.06. The minimum absolute atomic E-state index is 0.362. The van der Waals surface area contributed by atoms with Gasteiger partial charge in [-0.3, -0.25) is 0 Å². The molecule has 1 aliphatic carbocycles. The van der Waals surface area contributed by atoms with E-state index in [4.69, 9.17) is 0 Å². The summed E-state index contributed by atoms with van der Waals surface area (Å²) in [6, 6.07) is 8.86. The summed E-state index contributed by atoms with van der Waals surface area (Å²) in [7, 11) is 4.06. The monoisotopic (exact) mass is 290 g/mol. The number of anilines is 1. The predicted molar refractivity (Wildman–Crippen MR) is 89.8 cm³/mol. The molecule has 118 valence electrons. The van der Waals surface area contributed by atoms with Crippen LogP contribution in [0.5, 0.6) is 0 Å². The van der Waals surface area contributed by atoms with Crippen molar-refractivity contribution in [3.63, 3.8) is 0 Å². The molecular weight excluding hydrogens is 260 g/mol. The minimum atomic E-state index is -0.362. The SMILES string of the molecule is CN(C)c1ccc(C(O)CCNC2CCCCCC2)cc1. The van der Waals surface area contributed by atoms with Gasteiger partial charge in [0.2, 0.25) is 0 Å². The summed E-state index contributed by atoms with van der Waals surface area (Å²) < 4.78 is 0. The number of hydrogen-bond acceptors (Lipinski definition) is 3. The van der Waals surface area contributed by atoms with Crippen LogP contribution < -0.4 is 10.2 Å². The van der Waals surface area contributed by atoms with Gasteiger partial charge >= 0.3 is 0 Å². The topological polar surface area (TPSA) is 35.5 Å². The number of rotatable bonds is 6. The minimum Gasteiger partial charge on any atom is -0.388 e. The standard InChI is InChI=1S/C18H30N2O/c1-20(2)17-11-9-15(10-12-17)18(21)13-14-19-16-7-5-3-4-6-8-16/h9-12,16,18-19,21H,3-8,13-14H2,1-2H3. The molecule has 2 N–H and O–H groups in total. The highest BCUT2D eigenvalue weighted by Crippen LogP contribution is 2.21. The van der Waals surface area contributed by atoms with Gasteiger partial charge in [0.15, 0.2) is 0 Å². The molecule has 1 aliphatic rings. The van der Waals surface area contributed by atoms with E-state index < -0.39 is 0 Å². The van der Waals surface area contributed by atoms with Crippen molar-refractivity contribution < 1.29 is 5.11 Å². The van der Waals surface area contributed by atoms with Crippen LogP contribution in [0.15, 0.2) is 24.3 Å². The lowest BCUT2D eigenvalue weighted by Gasteiger charge is -2.18. The summed E-state index contributed by atoms with van der Waals surface area (Å²) >= 11 is 0. The van der Waals surface area contributed by atoms with Crippen molar-refractivity contribution >= 4 is 5.69 Å². The fourth-order valence-electron chi connectivity index (χ4n) is 3.07. The van der Waals surface area contributed by atoms with Crippen LogP contribution in [0.4, 0.5) is 5.69 Å². The van der Waals surface area contributed by atoms with Crippen molar-refractivity contribution in [1.82, 2.24) is 5.32 Å². The van der Waals surface area contributed by atoms with Crippen LogP contribution in [0.2, 0.25) is 0 Å². The predicted octanol–water partition coefficient (Wildman–Crippen LogP) is 3.49. The largest absolute Gasteiger partial charge is 0.388 e. The quantitative estimate of drug-likeness (QED) is 0.787. The number of nitrogens with zero attached hydrogens (tertiary/aromatic N) is 1. The summed E-state index contributed by atoms with van der Waals surface area (Å²) in [5.41, 5.74) is 2.19. The fourth-order valence-corrected chi connectivity index (χ4v) is 3.07. The number of hydrogen-bond donors (Lipinski definition) is 2. The zero-order valence-electron chi connectivity index (χ0n) is 13.5. The molecule has 0 heterocycles. The smallest absolute Gasteiger partial charge is 0.0802 e. The Balaban J connectivity index is 1.74. The molecule has 3 nitrogen and oxygen atoms in total. The summed E-state index contributed by atoms with van der Waals surface area (Å²) in [6.07, 6.45) is 8.51. The highest BCUT2D eigenvalue weighted by Gasteiger charge is 2.13. The van der Waals surface area contributed by atoms with E-state index in [-0.39, 0.29) is 6.10 Å². The number of aliphatic hydroxyl groups excluding tert-OH is 1. The van der Waals surface area contributed by atoms with Gasteiger partial charge in [0, 0.05) is 25.8 Å². The first kappa shape index (κ1) is 16.3. The molecule has 1 unspecified atom stereocenters. The number of aliphatic hydroxyl groups is 1. The first-order valence-corrected chi connectivity index (χ1v) is 8.35. The van der Waals surface area contributed by atoms with Crippen molar-refractivity contribution in [2.24, 2.45) is 0 Å².